The average molecular weight is 356 g/mol. The van der Waals surface area contributed by atoms with Gasteiger partial charge in [-0.3, -0.25) is 4.79 Å². The highest BCUT2D eigenvalue weighted by atomic mass is 32.2. The molecule has 8 heteroatoms. The first-order valence-electron chi connectivity index (χ1n) is 7.48. The lowest BCUT2D eigenvalue weighted by Gasteiger charge is -2.07. The van der Waals surface area contributed by atoms with Crippen LogP contribution in [0.25, 0.3) is 10.8 Å². The molecule has 1 heterocycles. The van der Waals surface area contributed by atoms with Crippen LogP contribution in [0.5, 0.6) is 0 Å². The van der Waals surface area contributed by atoms with E-state index >= 15 is 0 Å². The van der Waals surface area contributed by atoms with Crippen LogP contribution >= 0.6 is 0 Å². The number of aromatic amines is 1. The molecule has 0 atom stereocenters. The van der Waals surface area contributed by atoms with Crippen molar-refractivity contribution in [2.24, 2.45) is 5.10 Å². The van der Waals surface area contributed by atoms with Gasteiger partial charge in [-0.1, -0.05) is 30.3 Å². The van der Waals surface area contributed by atoms with Gasteiger partial charge in [-0.05, 0) is 35.0 Å². The Bertz CT molecular complexity index is 1010. The van der Waals surface area contributed by atoms with Crippen molar-refractivity contribution in [2.75, 3.05) is 6.54 Å². The molecule has 0 unspecified atom stereocenters. The third-order valence-electron chi connectivity index (χ3n) is 3.47. The lowest BCUT2D eigenvalue weighted by atomic mass is 10.1. The van der Waals surface area contributed by atoms with Crippen molar-refractivity contribution in [1.29, 1.82) is 0 Å². The van der Waals surface area contributed by atoms with Crippen LogP contribution in [0.3, 0.4) is 0 Å². The van der Waals surface area contributed by atoms with Crippen molar-refractivity contribution in [3.05, 3.63) is 66.5 Å². The largest absolute Gasteiger partial charge is 0.360 e. The van der Waals surface area contributed by atoms with Crippen LogP contribution in [0, 0.1) is 0 Å². The van der Waals surface area contributed by atoms with E-state index in [1.165, 1.54) is 12.3 Å². The third kappa shape index (κ3) is 4.31. The normalized spacial score (nSPS) is 11.8. The first-order valence-corrected chi connectivity index (χ1v) is 8.97. The van der Waals surface area contributed by atoms with Crippen LogP contribution in [0.4, 0.5) is 0 Å². The summed E-state index contributed by atoms with van der Waals surface area (Å²) in [7, 11) is -3.78. The summed E-state index contributed by atoms with van der Waals surface area (Å²) in [5, 5.41) is 5.49. The number of hydrogen-bond acceptors (Lipinski definition) is 4. The molecular weight excluding hydrogens is 340 g/mol. The Morgan fingerprint density at radius 2 is 1.88 bits per heavy atom. The molecule has 0 aliphatic rings. The quantitative estimate of drug-likeness (QED) is 0.461. The molecule has 0 fully saturated rings. The minimum atomic E-state index is -3.78. The Labute approximate surface area is 144 Å². The van der Waals surface area contributed by atoms with Crippen molar-refractivity contribution < 1.29 is 13.2 Å². The number of rotatable bonds is 6. The summed E-state index contributed by atoms with van der Waals surface area (Å²) in [5.74, 6) is -0.563. The van der Waals surface area contributed by atoms with Gasteiger partial charge in [0.05, 0.1) is 23.3 Å². The maximum atomic E-state index is 12.3. The molecule has 0 aliphatic heterocycles. The number of hydrogen-bond donors (Lipinski definition) is 3. The number of carbonyl (C=O) groups is 1. The first-order chi connectivity index (χ1) is 12.0. The molecule has 2 aromatic carbocycles. The number of amides is 1. The van der Waals surface area contributed by atoms with Crippen molar-refractivity contribution >= 4 is 32.9 Å². The standard InChI is InChI=1S/C17H16N4O3S/c22-17(21-19-11-15-6-3-9-18-15)12-20-25(23,24)16-8-7-13-4-1-2-5-14(13)10-16/h1-11,18,20H,12H2,(H,21,22)/b19-11+. The summed E-state index contributed by atoms with van der Waals surface area (Å²) in [6, 6.07) is 15.8. The van der Waals surface area contributed by atoms with Crippen LogP contribution in [0.2, 0.25) is 0 Å². The average Bonchev–Trinajstić information content (AvgIpc) is 3.13. The van der Waals surface area contributed by atoms with Gasteiger partial charge in [0.2, 0.25) is 10.0 Å². The predicted molar refractivity (Wildman–Crippen MR) is 95.7 cm³/mol. The summed E-state index contributed by atoms with van der Waals surface area (Å²) >= 11 is 0. The maximum absolute atomic E-state index is 12.3. The Hall–Kier alpha value is -2.97. The van der Waals surface area contributed by atoms with Crippen molar-refractivity contribution in [1.82, 2.24) is 15.1 Å². The van der Waals surface area contributed by atoms with E-state index in [2.05, 4.69) is 20.2 Å². The van der Waals surface area contributed by atoms with E-state index in [4.69, 9.17) is 0 Å². The molecule has 0 bridgehead atoms. The number of nitrogens with one attached hydrogen (secondary N) is 3. The molecule has 0 saturated carbocycles. The smallest absolute Gasteiger partial charge is 0.255 e. The number of benzene rings is 2. The van der Waals surface area contributed by atoms with Gasteiger partial charge in [-0.15, -0.1) is 0 Å². The Morgan fingerprint density at radius 3 is 2.64 bits per heavy atom. The fourth-order valence-corrected chi connectivity index (χ4v) is 3.23. The fourth-order valence-electron chi connectivity index (χ4n) is 2.22. The lowest BCUT2D eigenvalue weighted by Crippen LogP contribution is -2.34. The van der Waals surface area contributed by atoms with E-state index < -0.39 is 22.5 Å². The number of aromatic nitrogens is 1. The van der Waals surface area contributed by atoms with Gasteiger partial charge in [0.25, 0.3) is 5.91 Å². The van der Waals surface area contributed by atoms with E-state index in [0.29, 0.717) is 0 Å². The molecule has 0 saturated heterocycles. The highest BCUT2D eigenvalue weighted by molar-refractivity contribution is 7.89. The molecule has 128 valence electrons. The molecule has 0 radical (unpaired) electrons. The predicted octanol–water partition coefficient (Wildman–Crippen LogP) is 1.60. The molecular formula is C17H16N4O3S. The van der Waals surface area contributed by atoms with Gasteiger partial charge in [0.1, 0.15) is 0 Å². The number of H-pyrrole nitrogens is 1. The number of sulfonamides is 1. The zero-order chi connectivity index (χ0) is 17.7. The Kier molecular flexibility index (Phi) is 4.92. The first kappa shape index (κ1) is 16.9. The van der Waals surface area contributed by atoms with Crippen LogP contribution in [-0.4, -0.2) is 32.1 Å². The zero-order valence-electron chi connectivity index (χ0n) is 13.1. The minimum Gasteiger partial charge on any atom is -0.360 e. The number of fused-ring (bicyclic) bond motifs is 1. The fraction of sp³-hybridized carbons (Fsp3) is 0.0588. The highest BCUT2D eigenvalue weighted by Gasteiger charge is 2.15. The maximum Gasteiger partial charge on any atom is 0.255 e. The minimum absolute atomic E-state index is 0.105. The lowest BCUT2D eigenvalue weighted by molar-refractivity contribution is -0.119. The molecule has 0 spiro atoms. The second kappa shape index (κ2) is 7.29. The van der Waals surface area contributed by atoms with Gasteiger partial charge in [0, 0.05) is 6.20 Å². The molecule has 25 heavy (non-hydrogen) atoms. The van der Waals surface area contributed by atoms with Gasteiger partial charge in [0.15, 0.2) is 0 Å². The number of nitrogens with zero attached hydrogens (tertiary/aromatic N) is 1. The SMILES string of the molecule is O=C(CNS(=O)(=O)c1ccc2ccccc2c1)N/N=C/c1ccc[nH]1. The molecule has 0 aliphatic carbocycles. The van der Waals surface area contributed by atoms with Gasteiger partial charge >= 0.3 is 0 Å². The van der Waals surface area contributed by atoms with Crippen LogP contribution in [0.15, 0.2) is 70.8 Å². The van der Waals surface area contributed by atoms with Crippen molar-refractivity contribution in [3.63, 3.8) is 0 Å². The summed E-state index contributed by atoms with van der Waals surface area (Å²) < 4.78 is 26.9. The van der Waals surface area contributed by atoms with Crippen molar-refractivity contribution in [3.8, 4) is 0 Å². The third-order valence-corrected chi connectivity index (χ3v) is 4.87. The van der Waals surface area contributed by atoms with Gasteiger partial charge in [-0.25, -0.2) is 18.6 Å². The Morgan fingerprint density at radius 1 is 1.08 bits per heavy atom. The number of hydrazone groups is 1. The molecule has 1 amide bonds. The van der Waals surface area contributed by atoms with Crippen LogP contribution in [-0.2, 0) is 14.8 Å². The molecule has 3 N–H and O–H groups in total. The molecule has 3 rings (SSSR count). The van der Waals surface area contributed by atoms with Crippen molar-refractivity contribution in [2.45, 2.75) is 4.90 Å². The van der Waals surface area contributed by atoms with Crippen LogP contribution in [0.1, 0.15) is 5.69 Å². The monoisotopic (exact) mass is 356 g/mol. The topological polar surface area (TPSA) is 103 Å². The molecule has 3 aromatic rings. The summed E-state index contributed by atoms with van der Waals surface area (Å²) in [6.45, 7) is -0.406. The summed E-state index contributed by atoms with van der Waals surface area (Å²) in [6.07, 6.45) is 3.15. The van der Waals surface area contributed by atoms with E-state index in [9.17, 15) is 13.2 Å². The van der Waals surface area contributed by atoms with E-state index in [1.54, 1.807) is 30.5 Å². The summed E-state index contributed by atoms with van der Waals surface area (Å²) in [4.78, 5) is 14.7. The van der Waals surface area contributed by atoms with Crippen LogP contribution < -0.4 is 10.1 Å². The highest BCUT2D eigenvalue weighted by Crippen LogP contribution is 2.18. The van der Waals surface area contributed by atoms with E-state index in [1.807, 2.05) is 24.3 Å². The van der Waals surface area contributed by atoms with E-state index in [0.717, 1.165) is 16.5 Å². The second-order valence-corrected chi connectivity index (χ2v) is 7.02. The summed E-state index contributed by atoms with van der Waals surface area (Å²) in [5.41, 5.74) is 2.98. The van der Waals surface area contributed by atoms with Gasteiger partial charge in [-0.2, -0.15) is 5.10 Å². The Balaban J connectivity index is 1.61. The number of carbonyl (C=O) groups excluding carboxylic acids is 1. The molecule has 7 nitrogen and oxygen atoms in total. The second-order valence-electron chi connectivity index (χ2n) is 5.25. The zero-order valence-corrected chi connectivity index (χ0v) is 14.0. The van der Waals surface area contributed by atoms with Gasteiger partial charge < -0.3 is 4.98 Å². The molecule has 1 aromatic heterocycles. The van der Waals surface area contributed by atoms with E-state index in [-0.39, 0.29) is 4.90 Å².